The van der Waals surface area contributed by atoms with Gasteiger partial charge in [0.1, 0.15) is 0 Å². The van der Waals surface area contributed by atoms with Crippen molar-refractivity contribution < 1.29 is 9.53 Å². The number of hydrogen-bond acceptors (Lipinski definition) is 7. The lowest BCUT2D eigenvalue weighted by molar-refractivity contribution is 0.101. The number of carbonyl (C=O) groups is 1. The maximum Gasteiger partial charge on any atom is 0.344 e. The maximum absolute atomic E-state index is 12.0. The molecule has 0 aliphatic carbocycles. The second-order valence-corrected chi connectivity index (χ2v) is 6.42. The van der Waals surface area contributed by atoms with Gasteiger partial charge in [-0.2, -0.15) is 5.10 Å². The van der Waals surface area contributed by atoms with E-state index in [-0.39, 0.29) is 38.5 Å². The minimum atomic E-state index is -0.711. The van der Waals surface area contributed by atoms with Crippen molar-refractivity contribution in [2.75, 3.05) is 0 Å². The van der Waals surface area contributed by atoms with E-state index in [1.165, 1.54) is 26.1 Å². The summed E-state index contributed by atoms with van der Waals surface area (Å²) in [6.07, 6.45) is 0. The van der Waals surface area contributed by atoms with Gasteiger partial charge in [0.2, 0.25) is 5.88 Å². The van der Waals surface area contributed by atoms with Crippen molar-refractivity contribution in [3.8, 4) is 22.9 Å². The van der Waals surface area contributed by atoms with Gasteiger partial charge < -0.3 is 4.74 Å². The first kappa shape index (κ1) is 19.5. The number of benzene rings is 1. The van der Waals surface area contributed by atoms with E-state index in [1.54, 1.807) is 0 Å². The molecule has 3 rings (SSSR count). The summed E-state index contributed by atoms with van der Waals surface area (Å²) in [5.74, 6) is -0.595. The van der Waals surface area contributed by atoms with Crippen molar-refractivity contribution >= 4 is 29.0 Å². The summed E-state index contributed by atoms with van der Waals surface area (Å²) >= 11 is 12.4. The van der Waals surface area contributed by atoms with E-state index in [4.69, 9.17) is 27.9 Å². The summed E-state index contributed by atoms with van der Waals surface area (Å²) in [7, 11) is 1.37. The Morgan fingerprint density at radius 2 is 1.75 bits per heavy atom. The molecule has 0 aliphatic rings. The third kappa shape index (κ3) is 3.73. The van der Waals surface area contributed by atoms with Gasteiger partial charge in [-0.3, -0.25) is 19.4 Å². The molecule has 2 aromatic heterocycles. The van der Waals surface area contributed by atoms with E-state index < -0.39 is 22.6 Å². The fourth-order valence-electron chi connectivity index (χ4n) is 2.27. The van der Waals surface area contributed by atoms with Crippen LogP contribution in [0.25, 0.3) is 11.3 Å². The van der Waals surface area contributed by atoms with Gasteiger partial charge in [-0.05, 0) is 19.1 Å². The van der Waals surface area contributed by atoms with Gasteiger partial charge in [0.25, 0.3) is 11.1 Å². The van der Waals surface area contributed by atoms with Crippen LogP contribution in [0.2, 0.25) is 10.0 Å². The second kappa shape index (κ2) is 7.41. The summed E-state index contributed by atoms with van der Waals surface area (Å²) in [4.78, 5) is 48.6. The van der Waals surface area contributed by atoms with Crippen LogP contribution < -0.4 is 21.5 Å². The Balaban J connectivity index is 2.04. The number of ketones is 1. The number of nitrogens with zero attached hydrogens (tertiary/aromatic N) is 3. The number of rotatable bonds is 4. The van der Waals surface area contributed by atoms with Crippen LogP contribution in [-0.2, 0) is 7.05 Å². The third-order valence-corrected chi connectivity index (χ3v) is 4.18. The maximum atomic E-state index is 12.0. The van der Waals surface area contributed by atoms with E-state index in [2.05, 4.69) is 20.3 Å². The minimum Gasteiger partial charge on any atom is -0.434 e. The predicted molar refractivity (Wildman–Crippen MR) is 100 cm³/mol. The molecule has 0 fully saturated rings. The number of Topliss-reactive ketones (excluding diaryl/α,β-unsaturated/α-hetero) is 1. The van der Waals surface area contributed by atoms with Crippen LogP contribution in [0.3, 0.4) is 0 Å². The molecule has 0 saturated carbocycles. The Morgan fingerprint density at radius 1 is 1.11 bits per heavy atom. The second-order valence-electron chi connectivity index (χ2n) is 5.61. The highest BCUT2D eigenvalue weighted by Gasteiger charge is 2.17. The van der Waals surface area contributed by atoms with E-state index in [0.717, 1.165) is 10.7 Å². The van der Waals surface area contributed by atoms with Crippen molar-refractivity contribution in [1.29, 1.82) is 0 Å². The van der Waals surface area contributed by atoms with Crippen LogP contribution in [0.1, 0.15) is 17.3 Å². The van der Waals surface area contributed by atoms with E-state index in [0.29, 0.717) is 0 Å². The summed E-state index contributed by atoms with van der Waals surface area (Å²) in [5.41, 5.74) is -2.01. The molecule has 0 aliphatic heterocycles. The first-order valence-electron chi connectivity index (χ1n) is 7.63. The Kier molecular flexibility index (Phi) is 5.16. The summed E-state index contributed by atoms with van der Waals surface area (Å²) in [6, 6.07) is 3.88. The average Bonchev–Trinajstić information content (AvgIpc) is 2.62. The molecular weight excluding hydrogens is 413 g/mol. The van der Waals surface area contributed by atoms with Crippen LogP contribution in [0.15, 0.2) is 32.6 Å². The molecule has 10 nitrogen and oxygen atoms in total. The van der Waals surface area contributed by atoms with Gasteiger partial charge in [-0.15, -0.1) is 5.10 Å². The lowest BCUT2D eigenvalue weighted by Gasteiger charge is -2.11. The standard InChI is InChI=1S/C16H11Cl2N5O5/c1-6(24)8-5-11(20-21-14(8)25)28-13-9(17)3-7(4-10(13)18)12-15(26)19-16(27)23(2)22-12/h3-5H,1-2H3,(H,21,25)(H,19,26,27). The monoisotopic (exact) mass is 423 g/mol. The first-order chi connectivity index (χ1) is 13.2. The molecule has 1 aromatic carbocycles. The van der Waals surface area contributed by atoms with Crippen LogP contribution in [0.5, 0.6) is 11.6 Å². The molecule has 0 atom stereocenters. The molecule has 0 bridgehead atoms. The molecule has 0 spiro atoms. The Hall–Kier alpha value is -3.24. The van der Waals surface area contributed by atoms with Crippen LogP contribution >= 0.6 is 23.2 Å². The van der Waals surface area contributed by atoms with E-state index in [9.17, 15) is 19.2 Å². The van der Waals surface area contributed by atoms with Crippen molar-refractivity contribution in [2.24, 2.45) is 7.05 Å². The fraction of sp³-hybridized carbons (Fsp3) is 0.125. The predicted octanol–water partition coefficient (Wildman–Crippen LogP) is 1.52. The quantitative estimate of drug-likeness (QED) is 0.605. The number of ether oxygens (including phenoxy) is 1. The number of aromatic amines is 2. The molecule has 3 aromatic rings. The topological polar surface area (TPSA) is 140 Å². The molecule has 12 heteroatoms. The normalized spacial score (nSPS) is 10.7. The number of carbonyl (C=O) groups excluding carboxylic acids is 1. The number of aromatic nitrogens is 5. The van der Waals surface area contributed by atoms with Crippen LogP contribution in [-0.4, -0.2) is 30.7 Å². The van der Waals surface area contributed by atoms with Gasteiger partial charge in [-0.25, -0.2) is 14.6 Å². The van der Waals surface area contributed by atoms with E-state index in [1.807, 2.05) is 0 Å². The third-order valence-electron chi connectivity index (χ3n) is 3.62. The van der Waals surface area contributed by atoms with Crippen molar-refractivity contribution in [2.45, 2.75) is 6.92 Å². The zero-order valence-electron chi connectivity index (χ0n) is 14.4. The number of aryl methyl sites for hydroxylation is 1. The number of hydrogen-bond donors (Lipinski definition) is 2. The summed E-state index contributed by atoms with van der Waals surface area (Å²) in [5, 5.41) is 9.73. The van der Waals surface area contributed by atoms with Crippen molar-refractivity contribution in [3.05, 3.63) is 65.0 Å². The van der Waals surface area contributed by atoms with Crippen molar-refractivity contribution in [3.63, 3.8) is 0 Å². The molecule has 2 N–H and O–H groups in total. The fourth-order valence-corrected chi connectivity index (χ4v) is 2.83. The smallest absolute Gasteiger partial charge is 0.344 e. The van der Waals surface area contributed by atoms with Crippen LogP contribution in [0.4, 0.5) is 0 Å². The lowest BCUT2D eigenvalue weighted by Crippen LogP contribution is -2.31. The van der Waals surface area contributed by atoms with Crippen molar-refractivity contribution in [1.82, 2.24) is 25.0 Å². The highest BCUT2D eigenvalue weighted by Crippen LogP contribution is 2.38. The molecule has 144 valence electrons. The molecule has 0 amide bonds. The largest absolute Gasteiger partial charge is 0.434 e. The van der Waals surface area contributed by atoms with Gasteiger partial charge in [0, 0.05) is 18.7 Å². The number of H-pyrrole nitrogens is 2. The summed E-state index contributed by atoms with van der Waals surface area (Å²) in [6.45, 7) is 1.22. The molecule has 0 radical (unpaired) electrons. The Bertz CT molecular complexity index is 1250. The molecule has 28 heavy (non-hydrogen) atoms. The Labute approximate surface area is 165 Å². The van der Waals surface area contributed by atoms with Crippen LogP contribution in [0, 0.1) is 0 Å². The highest BCUT2D eigenvalue weighted by molar-refractivity contribution is 6.37. The zero-order valence-corrected chi connectivity index (χ0v) is 15.9. The number of nitrogens with one attached hydrogen (secondary N) is 2. The molecule has 0 unspecified atom stereocenters. The minimum absolute atomic E-state index is 0.00919. The summed E-state index contributed by atoms with van der Waals surface area (Å²) < 4.78 is 6.45. The van der Waals surface area contributed by atoms with Gasteiger partial charge in [0.05, 0.1) is 15.6 Å². The molecule has 0 saturated heterocycles. The van der Waals surface area contributed by atoms with Gasteiger partial charge in [-0.1, -0.05) is 23.2 Å². The molecule has 2 heterocycles. The van der Waals surface area contributed by atoms with Gasteiger partial charge in [0.15, 0.2) is 17.2 Å². The molecular formula is C16H11Cl2N5O5. The highest BCUT2D eigenvalue weighted by atomic mass is 35.5. The number of halogens is 2. The van der Waals surface area contributed by atoms with Gasteiger partial charge >= 0.3 is 5.69 Å². The first-order valence-corrected chi connectivity index (χ1v) is 8.38. The lowest BCUT2D eigenvalue weighted by atomic mass is 10.1. The zero-order chi connectivity index (χ0) is 20.6. The SMILES string of the molecule is CC(=O)c1cc(Oc2c(Cl)cc(-c3nn(C)c(=O)[nH]c3=O)cc2Cl)n[nH]c1=O. The van der Waals surface area contributed by atoms with E-state index >= 15 is 0 Å². The average molecular weight is 424 g/mol. The Morgan fingerprint density at radius 3 is 2.36 bits per heavy atom.